The van der Waals surface area contributed by atoms with Gasteiger partial charge in [0.2, 0.25) is 0 Å². The first kappa shape index (κ1) is 27.4. The Morgan fingerprint density at radius 3 is 2.06 bits per heavy atom. The molecule has 0 radical (unpaired) electrons. The van der Waals surface area contributed by atoms with Crippen LogP contribution < -0.4 is 5.73 Å². The number of phosphoric acid groups is 2. The minimum atomic E-state index is -5.31. The van der Waals surface area contributed by atoms with Gasteiger partial charge in [0.1, 0.15) is 48.5 Å². The molecule has 202 valence electrons. The van der Waals surface area contributed by atoms with Gasteiger partial charge in [0.15, 0.2) is 24.0 Å². The van der Waals surface area contributed by atoms with E-state index in [0.29, 0.717) is 0 Å². The molecule has 0 saturated carbocycles. The monoisotopic (exact) mass is 559 g/mol. The van der Waals surface area contributed by atoms with E-state index >= 15 is 0 Å². The lowest BCUT2D eigenvalue weighted by molar-refractivity contribution is -0.132. The lowest BCUT2D eigenvalue weighted by Crippen LogP contribution is -2.34. The van der Waals surface area contributed by atoms with Gasteiger partial charge in [-0.1, -0.05) is 0 Å². The van der Waals surface area contributed by atoms with Crippen molar-refractivity contribution in [2.45, 2.75) is 49.1 Å². The number of phosphoric ester groups is 2. The van der Waals surface area contributed by atoms with Crippen molar-refractivity contribution in [3.63, 3.8) is 0 Å². The van der Waals surface area contributed by atoms with Crippen molar-refractivity contribution in [2.24, 2.45) is 0 Å². The maximum absolute atomic E-state index is 12.2. The molecule has 0 aromatic carbocycles. The molecule has 0 aliphatic carbocycles. The van der Waals surface area contributed by atoms with Gasteiger partial charge in [-0.2, -0.15) is 4.31 Å². The van der Waals surface area contributed by atoms with E-state index < -0.39 is 78.0 Å². The molecule has 19 nitrogen and oxygen atoms in total. The fourth-order valence-electron chi connectivity index (χ4n) is 3.53. The van der Waals surface area contributed by atoms with E-state index in [0.717, 1.165) is 6.33 Å². The van der Waals surface area contributed by atoms with Gasteiger partial charge in [0.05, 0.1) is 19.5 Å². The summed E-state index contributed by atoms with van der Waals surface area (Å²) < 4.78 is 48.8. The zero-order chi connectivity index (χ0) is 26.4. The lowest BCUT2D eigenvalue weighted by atomic mass is 10.1. The van der Waals surface area contributed by atoms with Crippen molar-refractivity contribution in [3.05, 3.63) is 12.7 Å². The molecule has 0 bridgehead atoms. The van der Waals surface area contributed by atoms with Gasteiger partial charge in [0.25, 0.3) is 0 Å². The van der Waals surface area contributed by atoms with E-state index in [-0.39, 0.29) is 17.0 Å². The van der Waals surface area contributed by atoms with Crippen LogP contribution in [0.5, 0.6) is 0 Å². The molecule has 0 spiro atoms. The Bertz CT molecular complexity index is 1180. The van der Waals surface area contributed by atoms with Crippen LogP contribution in [-0.4, -0.2) is 111 Å². The molecule has 2 fully saturated rings. The van der Waals surface area contributed by atoms with Crippen molar-refractivity contribution >= 4 is 32.6 Å². The fourth-order valence-corrected chi connectivity index (χ4v) is 5.62. The maximum atomic E-state index is 12.2. The fraction of sp³-hybridized carbons (Fsp3) is 0.667. The minimum Gasteiger partial charge on any atom is -0.387 e. The maximum Gasteiger partial charge on any atom is 0.481 e. The molecule has 2 aliphatic rings. The van der Waals surface area contributed by atoms with Crippen LogP contribution in [0.15, 0.2) is 12.7 Å². The van der Waals surface area contributed by atoms with Gasteiger partial charge in [-0.3, -0.25) is 13.6 Å². The normalized spacial score (nSPS) is 36.2. The summed E-state index contributed by atoms with van der Waals surface area (Å²) in [5.41, 5.74) is 6.09. The average Bonchev–Trinajstić information content (AvgIpc) is 3.42. The summed E-state index contributed by atoms with van der Waals surface area (Å²) in [5.74, 6) is 0.0575. The molecule has 4 heterocycles. The van der Waals surface area contributed by atoms with Crippen LogP contribution >= 0.6 is 15.6 Å². The number of aliphatic hydroxyl groups excluding tert-OH is 5. The molecule has 2 aromatic rings. The second kappa shape index (κ2) is 10.2. The van der Waals surface area contributed by atoms with Crippen molar-refractivity contribution in [1.82, 2.24) is 19.5 Å². The van der Waals surface area contributed by atoms with Crippen LogP contribution in [0, 0.1) is 0 Å². The number of nitrogen functional groups attached to an aromatic ring is 1. The molecule has 4 rings (SSSR count). The molecule has 36 heavy (non-hydrogen) atoms. The summed E-state index contributed by atoms with van der Waals surface area (Å²) in [4.78, 5) is 31.3. The molecule has 2 saturated heterocycles. The van der Waals surface area contributed by atoms with E-state index in [9.17, 15) is 44.4 Å². The number of ether oxygens (including phenoxy) is 2. The number of rotatable bonds is 9. The second-order valence-corrected chi connectivity index (χ2v) is 10.8. The van der Waals surface area contributed by atoms with E-state index in [1.54, 1.807) is 0 Å². The van der Waals surface area contributed by atoms with Crippen molar-refractivity contribution in [2.75, 3.05) is 18.9 Å². The number of hydrogen-bond donors (Lipinski definition) is 8. The summed E-state index contributed by atoms with van der Waals surface area (Å²) in [6.45, 7) is -1.79. The molecule has 2 unspecified atom stereocenters. The van der Waals surface area contributed by atoms with Gasteiger partial charge in [-0.05, 0) is 0 Å². The number of anilines is 1. The molecule has 2 aromatic heterocycles. The molecular formula is C15H23N5O14P2. The first-order chi connectivity index (χ1) is 16.8. The predicted molar refractivity (Wildman–Crippen MR) is 111 cm³/mol. The van der Waals surface area contributed by atoms with Crippen LogP contribution in [0.3, 0.4) is 0 Å². The summed E-state index contributed by atoms with van der Waals surface area (Å²) in [7, 11) is -10.6. The highest BCUT2D eigenvalue weighted by Crippen LogP contribution is 2.60. The number of aromatic nitrogens is 4. The number of nitrogens with zero attached hydrogens (tertiary/aromatic N) is 4. The Hall–Kier alpha value is -1.67. The third kappa shape index (κ3) is 5.59. The number of aliphatic hydroxyl groups is 5. The minimum absolute atomic E-state index is 0.0575. The first-order valence-corrected chi connectivity index (χ1v) is 13.1. The highest BCUT2D eigenvalue weighted by atomic mass is 31.3. The standard InChI is InChI=1S/C15H23N5O14P2/c16-12-7-13(18-3-17-12)20(4-19-7)14-10(23)8(21)5(32-14)1-30-35(26,27)34-36(28,29)31-2-6-9(22)11(24)15(25)33-6/h3-6,8-11,14-15,21-25H,1-2H2,(H,26,27)(H,28,29)(H2,16,17,18)/t5-,6-,8-,9-,10+,11-,14+,15+/m1/s1. The zero-order valence-electron chi connectivity index (χ0n) is 17.9. The van der Waals surface area contributed by atoms with E-state index in [1.807, 2.05) is 0 Å². The van der Waals surface area contributed by atoms with Gasteiger partial charge in [-0.15, -0.1) is 0 Å². The van der Waals surface area contributed by atoms with Crippen LogP contribution in [0.25, 0.3) is 11.2 Å². The second-order valence-electron chi connectivity index (χ2n) is 7.79. The Kier molecular flexibility index (Phi) is 7.78. The van der Waals surface area contributed by atoms with E-state index in [1.165, 1.54) is 10.9 Å². The smallest absolute Gasteiger partial charge is 0.387 e. The summed E-state index contributed by atoms with van der Waals surface area (Å²) in [5, 5.41) is 49.0. The van der Waals surface area contributed by atoms with Gasteiger partial charge < -0.3 is 50.5 Å². The lowest BCUT2D eigenvalue weighted by Gasteiger charge is -2.20. The van der Waals surface area contributed by atoms with Gasteiger partial charge in [-0.25, -0.2) is 24.1 Å². The van der Waals surface area contributed by atoms with Crippen molar-refractivity contribution < 1.29 is 67.3 Å². The third-order valence-electron chi connectivity index (χ3n) is 5.35. The first-order valence-electron chi connectivity index (χ1n) is 10.1. The topological polar surface area (TPSA) is 292 Å². The predicted octanol–water partition coefficient (Wildman–Crippen LogP) is -3.28. The Balaban J connectivity index is 1.34. The number of fused-ring (bicyclic) bond motifs is 1. The summed E-state index contributed by atoms with van der Waals surface area (Å²) in [6, 6.07) is 0. The quantitative estimate of drug-likeness (QED) is 0.140. The molecule has 10 atom stereocenters. The highest BCUT2D eigenvalue weighted by molar-refractivity contribution is 7.61. The van der Waals surface area contributed by atoms with Crippen LogP contribution in [0.1, 0.15) is 6.23 Å². The SMILES string of the molecule is Nc1ncnc2c1ncn2[C@H]1O[C@H](COP(=O)(O)OP(=O)(O)OC[C@H]2O[C@H](O)[C@H](O)[C@@H]2O)[C@@H](O)[C@@H]1O. The summed E-state index contributed by atoms with van der Waals surface area (Å²) >= 11 is 0. The van der Waals surface area contributed by atoms with Gasteiger partial charge >= 0.3 is 15.6 Å². The zero-order valence-corrected chi connectivity index (χ0v) is 19.7. The van der Waals surface area contributed by atoms with Crippen molar-refractivity contribution in [3.8, 4) is 0 Å². The van der Waals surface area contributed by atoms with Crippen molar-refractivity contribution in [1.29, 1.82) is 0 Å². The van der Waals surface area contributed by atoms with Crippen LogP contribution in [0.4, 0.5) is 5.82 Å². The average molecular weight is 559 g/mol. The summed E-state index contributed by atoms with van der Waals surface area (Å²) in [6.07, 6.45) is -10.1. The van der Waals surface area contributed by atoms with Crippen LogP contribution in [0.2, 0.25) is 0 Å². The molecule has 2 aliphatic heterocycles. The highest BCUT2D eigenvalue weighted by Gasteiger charge is 2.47. The molecule has 21 heteroatoms. The number of imidazole rings is 1. The molecule has 9 N–H and O–H groups in total. The van der Waals surface area contributed by atoms with E-state index in [2.05, 4.69) is 28.3 Å². The Labute approximate surface area is 200 Å². The van der Waals surface area contributed by atoms with E-state index in [4.69, 9.17) is 15.2 Å². The number of nitrogens with two attached hydrogens (primary N) is 1. The van der Waals surface area contributed by atoms with Gasteiger partial charge in [0, 0.05) is 0 Å². The molecule has 0 amide bonds. The largest absolute Gasteiger partial charge is 0.481 e. The third-order valence-corrected chi connectivity index (χ3v) is 7.95. The number of hydrogen-bond acceptors (Lipinski definition) is 16. The molecular weight excluding hydrogens is 536 g/mol. The van der Waals surface area contributed by atoms with Crippen LogP contribution in [-0.2, 0) is 32.0 Å². The Morgan fingerprint density at radius 1 is 0.889 bits per heavy atom. The Morgan fingerprint density at radius 2 is 1.47 bits per heavy atom.